The minimum atomic E-state index is -0.250. The Kier molecular flexibility index (Phi) is 9.55. The molecule has 1 saturated heterocycles. The fraction of sp³-hybridized carbons (Fsp3) is 0.333. The third-order valence-electron chi connectivity index (χ3n) is 4.93. The zero-order valence-electron chi connectivity index (χ0n) is 18.1. The van der Waals surface area contributed by atoms with E-state index in [1.165, 1.54) is 0 Å². The van der Waals surface area contributed by atoms with Gasteiger partial charge in [-0.15, -0.1) is 0 Å². The number of aryl methyl sites for hydroxylation is 1. The lowest BCUT2D eigenvalue weighted by Crippen LogP contribution is -2.41. The highest BCUT2D eigenvalue weighted by Gasteiger charge is 2.22. The molecule has 1 unspecified atom stereocenters. The Morgan fingerprint density at radius 3 is 2.70 bits per heavy atom. The van der Waals surface area contributed by atoms with Crippen molar-refractivity contribution >= 4 is 41.7 Å². The van der Waals surface area contributed by atoms with Crippen LogP contribution in [-0.2, 0) is 9.59 Å². The standard InChI is InChI=1S/C19H23N7O.2CH2O2/c1-12-7-17(25-19(20)24-12)26-6-2-3-13(10-26)9-21-18(27)14-4-5-15-16(8-14)23-11-22-15;2*2-1-3/h4-5,7-8,11,13H,2-3,6,9-10H2,1H3,(H,21,27)(H,22,23)(H2,20,24,25);2*1H,(H,2,3). The molecule has 1 atom stereocenters. The summed E-state index contributed by atoms with van der Waals surface area (Å²) in [4.78, 5) is 47.1. The third-order valence-corrected chi connectivity index (χ3v) is 4.93. The number of nitrogens with zero attached hydrogens (tertiary/aromatic N) is 4. The molecule has 0 radical (unpaired) electrons. The van der Waals surface area contributed by atoms with E-state index in [1.807, 2.05) is 25.1 Å². The number of aromatic amines is 1. The molecular formula is C21H27N7O5. The van der Waals surface area contributed by atoms with Gasteiger partial charge in [-0.1, -0.05) is 0 Å². The fourth-order valence-electron chi connectivity index (χ4n) is 3.59. The highest BCUT2D eigenvalue weighted by molar-refractivity contribution is 5.97. The van der Waals surface area contributed by atoms with Crippen LogP contribution in [0, 0.1) is 12.8 Å². The summed E-state index contributed by atoms with van der Waals surface area (Å²) in [6.45, 7) is 3.84. The first-order chi connectivity index (χ1) is 15.9. The number of piperidine rings is 1. The number of carbonyl (C=O) groups is 3. The van der Waals surface area contributed by atoms with Crippen molar-refractivity contribution in [3.63, 3.8) is 0 Å². The molecule has 2 aromatic heterocycles. The molecule has 0 saturated carbocycles. The number of H-pyrrole nitrogens is 1. The number of nitrogens with two attached hydrogens (primary N) is 1. The maximum atomic E-state index is 12.5. The zero-order chi connectivity index (χ0) is 24.2. The Morgan fingerprint density at radius 2 is 2.00 bits per heavy atom. The van der Waals surface area contributed by atoms with E-state index in [4.69, 9.17) is 25.5 Å². The third kappa shape index (κ3) is 7.45. The maximum absolute atomic E-state index is 12.5. The molecule has 1 aliphatic rings. The minimum Gasteiger partial charge on any atom is -0.483 e. The second kappa shape index (κ2) is 12.6. The van der Waals surface area contributed by atoms with Gasteiger partial charge in [-0.3, -0.25) is 14.4 Å². The lowest BCUT2D eigenvalue weighted by atomic mass is 9.97. The van der Waals surface area contributed by atoms with Crippen LogP contribution < -0.4 is 16.0 Å². The summed E-state index contributed by atoms with van der Waals surface area (Å²) in [5, 5.41) is 16.8. The monoisotopic (exact) mass is 457 g/mol. The number of hydrogen-bond donors (Lipinski definition) is 5. The number of amides is 1. The van der Waals surface area contributed by atoms with Crippen LogP contribution in [0.4, 0.5) is 11.8 Å². The van der Waals surface area contributed by atoms with Gasteiger partial charge in [0.15, 0.2) is 0 Å². The molecule has 176 valence electrons. The van der Waals surface area contributed by atoms with Gasteiger partial charge in [-0.2, -0.15) is 4.98 Å². The van der Waals surface area contributed by atoms with Gasteiger partial charge in [-0.05, 0) is 43.9 Å². The molecule has 0 bridgehead atoms. The van der Waals surface area contributed by atoms with Crippen LogP contribution in [0.15, 0.2) is 30.6 Å². The number of hydrogen-bond acceptors (Lipinski definition) is 8. The van der Waals surface area contributed by atoms with Gasteiger partial charge in [0, 0.05) is 37.0 Å². The molecule has 1 fully saturated rings. The van der Waals surface area contributed by atoms with Gasteiger partial charge in [-0.25, -0.2) is 9.97 Å². The molecule has 1 amide bonds. The van der Waals surface area contributed by atoms with Crippen LogP contribution in [0.1, 0.15) is 28.9 Å². The van der Waals surface area contributed by atoms with Crippen molar-refractivity contribution in [1.82, 2.24) is 25.3 Å². The second-order valence-electron chi connectivity index (χ2n) is 7.24. The highest BCUT2D eigenvalue weighted by Crippen LogP contribution is 2.22. The zero-order valence-corrected chi connectivity index (χ0v) is 18.1. The maximum Gasteiger partial charge on any atom is 0.290 e. The summed E-state index contributed by atoms with van der Waals surface area (Å²) in [6.07, 6.45) is 3.77. The predicted octanol–water partition coefficient (Wildman–Crippen LogP) is 1.29. The van der Waals surface area contributed by atoms with Crippen LogP contribution in [0.5, 0.6) is 0 Å². The molecule has 3 heterocycles. The molecule has 12 nitrogen and oxygen atoms in total. The first-order valence-electron chi connectivity index (χ1n) is 10.1. The van der Waals surface area contributed by atoms with E-state index in [9.17, 15) is 4.79 Å². The molecule has 0 aliphatic carbocycles. The average molecular weight is 457 g/mol. The Morgan fingerprint density at radius 1 is 1.27 bits per heavy atom. The predicted molar refractivity (Wildman–Crippen MR) is 122 cm³/mol. The fourth-order valence-corrected chi connectivity index (χ4v) is 3.59. The van der Waals surface area contributed by atoms with Crippen molar-refractivity contribution < 1.29 is 24.6 Å². The average Bonchev–Trinajstić information content (AvgIpc) is 3.26. The minimum absolute atomic E-state index is 0.0641. The number of carbonyl (C=O) groups excluding carboxylic acids is 1. The van der Waals surface area contributed by atoms with Gasteiger partial charge in [0.05, 0.1) is 17.4 Å². The number of anilines is 2. The van der Waals surface area contributed by atoms with Crippen molar-refractivity contribution in [2.75, 3.05) is 30.3 Å². The smallest absolute Gasteiger partial charge is 0.290 e. The molecule has 0 spiro atoms. The van der Waals surface area contributed by atoms with Crippen molar-refractivity contribution in [3.05, 3.63) is 41.9 Å². The van der Waals surface area contributed by atoms with Crippen LogP contribution in [-0.4, -0.2) is 68.6 Å². The number of aromatic nitrogens is 4. The summed E-state index contributed by atoms with van der Waals surface area (Å²) < 4.78 is 0. The quantitative estimate of drug-likeness (QED) is 0.357. The van der Waals surface area contributed by atoms with Crippen molar-refractivity contribution in [1.29, 1.82) is 0 Å². The summed E-state index contributed by atoms with van der Waals surface area (Å²) in [7, 11) is 0. The topological polar surface area (TPSA) is 187 Å². The first kappa shape index (κ1) is 25.0. The van der Waals surface area contributed by atoms with E-state index in [0.29, 0.717) is 24.0 Å². The van der Waals surface area contributed by atoms with Gasteiger partial charge in [0.25, 0.3) is 18.9 Å². The van der Waals surface area contributed by atoms with Gasteiger partial charge in [0.1, 0.15) is 5.82 Å². The van der Waals surface area contributed by atoms with E-state index < -0.39 is 0 Å². The van der Waals surface area contributed by atoms with Crippen molar-refractivity contribution in [3.8, 4) is 0 Å². The van der Waals surface area contributed by atoms with E-state index in [2.05, 4.69) is 30.2 Å². The van der Waals surface area contributed by atoms with Crippen LogP contribution in [0.2, 0.25) is 0 Å². The Labute approximate surface area is 189 Å². The normalized spacial score (nSPS) is 14.8. The number of carboxylic acid groups (broad SMARTS) is 2. The van der Waals surface area contributed by atoms with E-state index in [0.717, 1.165) is 48.5 Å². The van der Waals surface area contributed by atoms with Crippen molar-refractivity contribution in [2.24, 2.45) is 5.92 Å². The lowest BCUT2D eigenvalue weighted by molar-refractivity contribution is -0.123. The van der Waals surface area contributed by atoms with Crippen LogP contribution >= 0.6 is 0 Å². The van der Waals surface area contributed by atoms with Gasteiger partial charge < -0.3 is 31.1 Å². The van der Waals surface area contributed by atoms with E-state index in [-0.39, 0.29) is 18.9 Å². The number of imidazole rings is 1. The molecule has 1 aromatic carbocycles. The largest absolute Gasteiger partial charge is 0.483 e. The Balaban J connectivity index is 0.000000582. The molecule has 4 rings (SSSR count). The van der Waals surface area contributed by atoms with Crippen molar-refractivity contribution in [2.45, 2.75) is 19.8 Å². The number of benzene rings is 1. The first-order valence-corrected chi connectivity index (χ1v) is 10.1. The van der Waals surface area contributed by atoms with Gasteiger partial charge in [0.2, 0.25) is 5.95 Å². The molecule has 1 aliphatic heterocycles. The highest BCUT2D eigenvalue weighted by atomic mass is 16.3. The van der Waals surface area contributed by atoms with Crippen LogP contribution in [0.25, 0.3) is 11.0 Å². The summed E-state index contributed by atoms with van der Waals surface area (Å²) in [5.74, 6) is 1.47. The number of nitrogen functional groups attached to an aromatic ring is 1. The summed E-state index contributed by atoms with van der Waals surface area (Å²) in [6, 6.07) is 7.44. The van der Waals surface area contributed by atoms with E-state index >= 15 is 0 Å². The summed E-state index contributed by atoms with van der Waals surface area (Å²) >= 11 is 0. The molecule has 12 heteroatoms. The van der Waals surface area contributed by atoms with Crippen LogP contribution in [0.3, 0.4) is 0 Å². The Hall–Kier alpha value is -4.22. The number of fused-ring (bicyclic) bond motifs is 1. The lowest BCUT2D eigenvalue weighted by Gasteiger charge is -2.33. The summed E-state index contributed by atoms with van der Waals surface area (Å²) in [5.41, 5.74) is 9.00. The molecular weight excluding hydrogens is 430 g/mol. The second-order valence-corrected chi connectivity index (χ2v) is 7.24. The van der Waals surface area contributed by atoms with E-state index in [1.54, 1.807) is 12.4 Å². The Bertz CT molecular complexity index is 1050. The number of rotatable bonds is 4. The molecule has 33 heavy (non-hydrogen) atoms. The number of nitrogens with one attached hydrogen (secondary N) is 2. The SMILES string of the molecule is Cc1cc(N2CCCC(CNC(=O)c3ccc4nc[nH]c4c3)C2)nc(N)n1.O=CO.O=CO. The molecule has 3 aromatic rings. The molecule has 6 N–H and O–H groups in total. The van der Waals surface area contributed by atoms with Gasteiger partial charge >= 0.3 is 0 Å².